The highest BCUT2D eigenvalue weighted by Gasteiger charge is 2.31. The number of ether oxygens (including phenoxy) is 1. The number of hydrogen-bond donors (Lipinski definition) is 3. The van der Waals surface area contributed by atoms with E-state index in [1.807, 2.05) is 12.1 Å². The number of amides is 2. The molecule has 3 N–H and O–H groups in total. The lowest BCUT2D eigenvalue weighted by Crippen LogP contribution is -2.51. The SMILES string of the molecule is CC(C#N)CC(=O)NC[C@@H]1CC[C@H](NC(=O)C[C@@H](C)C#N)C(O)O1. The fourth-order valence-electron chi connectivity index (χ4n) is 2.37. The van der Waals surface area contributed by atoms with Crippen LogP contribution in [0.2, 0.25) is 0 Å². The first kappa shape index (κ1) is 19.9. The number of rotatable bonds is 7. The van der Waals surface area contributed by atoms with Crippen molar-refractivity contribution in [1.29, 1.82) is 10.5 Å². The predicted octanol–water partition coefficient (Wildman–Crippen LogP) is 0.184. The van der Waals surface area contributed by atoms with Gasteiger partial charge >= 0.3 is 0 Å². The molecule has 0 aliphatic carbocycles. The van der Waals surface area contributed by atoms with Gasteiger partial charge in [-0.1, -0.05) is 0 Å². The molecule has 0 aromatic heterocycles. The molecule has 0 spiro atoms. The Bertz CT molecular complexity index is 525. The second kappa shape index (κ2) is 9.86. The summed E-state index contributed by atoms with van der Waals surface area (Å²) in [5.41, 5.74) is 0. The van der Waals surface area contributed by atoms with Crippen LogP contribution in [0.25, 0.3) is 0 Å². The van der Waals surface area contributed by atoms with Crippen LogP contribution in [0.1, 0.15) is 39.5 Å². The highest BCUT2D eigenvalue weighted by atomic mass is 16.6. The number of aliphatic hydroxyl groups is 1. The molecular formula is C16H24N4O4. The van der Waals surface area contributed by atoms with E-state index >= 15 is 0 Å². The van der Waals surface area contributed by atoms with Crippen LogP contribution in [0, 0.1) is 34.5 Å². The van der Waals surface area contributed by atoms with Gasteiger partial charge in [-0.3, -0.25) is 9.59 Å². The number of nitriles is 2. The molecule has 8 nitrogen and oxygen atoms in total. The van der Waals surface area contributed by atoms with Gasteiger partial charge in [0.25, 0.3) is 0 Å². The Hall–Kier alpha value is -2.16. The predicted molar refractivity (Wildman–Crippen MR) is 83.8 cm³/mol. The van der Waals surface area contributed by atoms with Crippen molar-refractivity contribution < 1.29 is 19.4 Å². The highest BCUT2D eigenvalue weighted by Crippen LogP contribution is 2.18. The van der Waals surface area contributed by atoms with Gasteiger partial charge in [0, 0.05) is 19.4 Å². The molecule has 0 radical (unpaired) electrons. The Kier molecular flexibility index (Phi) is 8.17. The highest BCUT2D eigenvalue weighted by molar-refractivity contribution is 5.77. The summed E-state index contributed by atoms with van der Waals surface area (Å²) in [6.45, 7) is 3.57. The Morgan fingerprint density at radius 3 is 2.29 bits per heavy atom. The third-order valence-electron chi connectivity index (χ3n) is 3.77. The van der Waals surface area contributed by atoms with Gasteiger partial charge in [-0.25, -0.2) is 0 Å². The fraction of sp³-hybridized carbons (Fsp3) is 0.750. The van der Waals surface area contributed by atoms with Crippen LogP contribution < -0.4 is 10.6 Å². The van der Waals surface area contributed by atoms with E-state index in [1.165, 1.54) is 0 Å². The average Bonchev–Trinajstić information content (AvgIpc) is 2.54. The Morgan fingerprint density at radius 1 is 1.17 bits per heavy atom. The van der Waals surface area contributed by atoms with Crippen molar-refractivity contribution in [2.24, 2.45) is 11.8 Å². The van der Waals surface area contributed by atoms with Gasteiger partial charge < -0.3 is 20.5 Å². The molecule has 1 saturated heterocycles. The molecule has 2 amide bonds. The molecular weight excluding hydrogens is 312 g/mol. The van der Waals surface area contributed by atoms with E-state index in [1.54, 1.807) is 13.8 Å². The third-order valence-corrected chi connectivity index (χ3v) is 3.77. The van der Waals surface area contributed by atoms with Gasteiger partial charge in [0.05, 0.1) is 36.1 Å². The summed E-state index contributed by atoms with van der Waals surface area (Å²) in [5.74, 6) is -1.26. The van der Waals surface area contributed by atoms with Crippen molar-refractivity contribution in [3.05, 3.63) is 0 Å². The summed E-state index contributed by atoms with van der Waals surface area (Å²) < 4.78 is 5.41. The number of nitrogens with one attached hydrogen (secondary N) is 2. The topological polar surface area (TPSA) is 135 Å². The van der Waals surface area contributed by atoms with E-state index in [9.17, 15) is 14.7 Å². The molecule has 1 fully saturated rings. The lowest BCUT2D eigenvalue weighted by Gasteiger charge is -2.34. The summed E-state index contributed by atoms with van der Waals surface area (Å²) in [4.78, 5) is 23.4. The molecule has 2 unspecified atom stereocenters. The van der Waals surface area contributed by atoms with E-state index in [4.69, 9.17) is 15.3 Å². The number of carbonyl (C=O) groups excluding carboxylic acids is 2. The van der Waals surface area contributed by atoms with Gasteiger partial charge in [0.15, 0.2) is 6.29 Å². The largest absolute Gasteiger partial charge is 0.366 e. The van der Waals surface area contributed by atoms with Crippen LogP contribution in [-0.4, -0.2) is 41.9 Å². The van der Waals surface area contributed by atoms with Crippen LogP contribution in [-0.2, 0) is 14.3 Å². The summed E-state index contributed by atoms with van der Waals surface area (Å²) in [7, 11) is 0. The first-order valence-electron chi connectivity index (χ1n) is 8.04. The minimum absolute atomic E-state index is 0.0796. The number of nitrogens with zero attached hydrogens (tertiary/aromatic N) is 2. The maximum atomic E-state index is 11.7. The van der Waals surface area contributed by atoms with Crippen LogP contribution >= 0.6 is 0 Å². The van der Waals surface area contributed by atoms with Crippen LogP contribution in [0.5, 0.6) is 0 Å². The second-order valence-corrected chi connectivity index (χ2v) is 6.17. The minimum atomic E-state index is -1.15. The van der Waals surface area contributed by atoms with E-state index in [-0.39, 0.29) is 49.1 Å². The molecule has 1 rings (SSSR count). The molecule has 0 aromatic carbocycles. The molecule has 0 aromatic rings. The van der Waals surface area contributed by atoms with Crippen LogP contribution in [0.15, 0.2) is 0 Å². The van der Waals surface area contributed by atoms with Crippen molar-refractivity contribution >= 4 is 11.8 Å². The molecule has 24 heavy (non-hydrogen) atoms. The summed E-state index contributed by atoms with van der Waals surface area (Å²) in [5, 5.41) is 32.7. The van der Waals surface area contributed by atoms with Gasteiger partial charge in [-0.05, 0) is 26.7 Å². The smallest absolute Gasteiger partial charge is 0.221 e. The molecule has 132 valence electrons. The third kappa shape index (κ3) is 6.95. The zero-order chi connectivity index (χ0) is 18.1. The van der Waals surface area contributed by atoms with Crippen molar-refractivity contribution in [2.45, 2.75) is 58.0 Å². The molecule has 1 aliphatic rings. The van der Waals surface area contributed by atoms with Gasteiger partial charge in [-0.2, -0.15) is 10.5 Å². The van der Waals surface area contributed by atoms with Gasteiger partial charge in [-0.15, -0.1) is 0 Å². The Balaban J connectivity index is 2.33. The number of hydrogen-bond acceptors (Lipinski definition) is 6. The summed E-state index contributed by atoms with van der Waals surface area (Å²) in [6, 6.07) is 3.45. The fourth-order valence-corrected chi connectivity index (χ4v) is 2.37. The molecule has 8 heteroatoms. The van der Waals surface area contributed by atoms with E-state index in [2.05, 4.69) is 10.6 Å². The quantitative estimate of drug-likeness (QED) is 0.607. The maximum absolute atomic E-state index is 11.7. The summed E-state index contributed by atoms with van der Waals surface area (Å²) >= 11 is 0. The molecule has 1 aliphatic heterocycles. The first-order chi connectivity index (χ1) is 11.3. The number of aliphatic hydroxyl groups excluding tert-OH is 1. The second-order valence-electron chi connectivity index (χ2n) is 6.17. The van der Waals surface area contributed by atoms with Crippen molar-refractivity contribution in [1.82, 2.24) is 10.6 Å². The minimum Gasteiger partial charge on any atom is -0.366 e. The Morgan fingerprint density at radius 2 is 1.75 bits per heavy atom. The lowest BCUT2D eigenvalue weighted by molar-refractivity contribution is -0.179. The molecule has 5 atom stereocenters. The lowest BCUT2D eigenvalue weighted by atomic mass is 10.0. The van der Waals surface area contributed by atoms with Crippen LogP contribution in [0.4, 0.5) is 0 Å². The van der Waals surface area contributed by atoms with Gasteiger partial charge in [0.2, 0.25) is 11.8 Å². The van der Waals surface area contributed by atoms with E-state index < -0.39 is 12.3 Å². The van der Waals surface area contributed by atoms with Crippen molar-refractivity contribution in [2.75, 3.05) is 6.54 Å². The number of carbonyl (C=O) groups is 2. The Labute approximate surface area is 141 Å². The van der Waals surface area contributed by atoms with E-state index in [0.29, 0.717) is 12.8 Å². The molecule has 1 heterocycles. The molecule has 0 saturated carbocycles. The normalized spacial score (nSPS) is 25.6. The monoisotopic (exact) mass is 336 g/mol. The molecule has 0 bridgehead atoms. The maximum Gasteiger partial charge on any atom is 0.221 e. The zero-order valence-electron chi connectivity index (χ0n) is 14.0. The van der Waals surface area contributed by atoms with E-state index in [0.717, 1.165) is 0 Å². The van der Waals surface area contributed by atoms with Crippen molar-refractivity contribution in [3.63, 3.8) is 0 Å². The first-order valence-corrected chi connectivity index (χ1v) is 8.04. The van der Waals surface area contributed by atoms with Crippen molar-refractivity contribution in [3.8, 4) is 12.1 Å². The zero-order valence-corrected chi connectivity index (χ0v) is 14.0. The van der Waals surface area contributed by atoms with Gasteiger partial charge in [0.1, 0.15) is 0 Å². The summed E-state index contributed by atoms with van der Waals surface area (Å²) in [6.07, 6.45) is -0.197. The average molecular weight is 336 g/mol. The van der Waals surface area contributed by atoms with Crippen LogP contribution in [0.3, 0.4) is 0 Å². The standard InChI is InChI=1S/C16H24N4O4/c1-10(7-17)5-14(21)19-9-12-3-4-13(16(23)24-12)20-15(22)6-11(2)8-18/h10-13,16,23H,3-6,9H2,1-2H3,(H,19,21)(H,20,22)/t10?,11-,12+,13+,16?/m1/s1.